The van der Waals surface area contributed by atoms with Gasteiger partial charge in [-0.1, -0.05) is 0 Å². The number of benzene rings is 1. The van der Waals surface area contributed by atoms with Gasteiger partial charge < -0.3 is 10.6 Å². The van der Waals surface area contributed by atoms with Gasteiger partial charge in [0.15, 0.2) is 0 Å². The summed E-state index contributed by atoms with van der Waals surface area (Å²) in [6.07, 6.45) is 2.14. The fourth-order valence-electron chi connectivity index (χ4n) is 2.25. The van der Waals surface area contributed by atoms with E-state index >= 15 is 0 Å². The fourth-order valence-corrected chi connectivity index (χ4v) is 2.25. The van der Waals surface area contributed by atoms with E-state index in [0.29, 0.717) is 23.7 Å². The molecule has 1 heterocycles. The first kappa shape index (κ1) is 13.3. The number of piperidine rings is 1. The van der Waals surface area contributed by atoms with Crippen molar-refractivity contribution >= 4 is 11.4 Å². The number of hydrogen-bond donors (Lipinski definition) is 2. The quantitative estimate of drug-likeness (QED) is 0.637. The molecule has 6 nitrogen and oxygen atoms in total. The number of hydrogen-bond acceptors (Lipinski definition) is 5. The van der Waals surface area contributed by atoms with E-state index in [1.807, 2.05) is 6.07 Å². The topological polar surface area (TPSA) is 91.0 Å². The van der Waals surface area contributed by atoms with Gasteiger partial charge in [0.1, 0.15) is 5.69 Å². The third kappa shape index (κ3) is 3.42. The predicted molar refractivity (Wildman–Crippen MR) is 71.9 cm³/mol. The van der Waals surface area contributed by atoms with Crippen LogP contribution in [0.1, 0.15) is 18.4 Å². The van der Waals surface area contributed by atoms with Gasteiger partial charge in [-0.25, -0.2) is 0 Å². The molecule has 1 aromatic carbocycles. The number of rotatable bonds is 4. The van der Waals surface area contributed by atoms with Gasteiger partial charge >= 0.3 is 0 Å². The van der Waals surface area contributed by atoms with Gasteiger partial charge in [-0.05, 0) is 44.0 Å². The molecule has 0 aromatic heterocycles. The first-order chi connectivity index (χ1) is 9.20. The zero-order valence-corrected chi connectivity index (χ0v) is 10.6. The van der Waals surface area contributed by atoms with E-state index in [4.69, 9.17) is 5.26 Å². The summed E-state index contributed by atoms with van der Waals surface area (Å²) in [5.74, 6) is 0.520. The van der Waals surface area contributed by atoms with Crippen molar-refractivity contribution in [1.29, 1.82) is 5.26 Å². The Kier molecular flexibility index (Phi) is 4.31. The Morgan fingerprint density at radius 1 is 1.47 bits per heavy atom. The number of nitriles is 1. The average molecular weight is 260 g/mol. The molecule has 2 rings (SSSR count). The first-order valence-electron chi connectivity index (χ1n) is 6.34. The van der Waals surface area contributed by atoms with Gasteiger partial charge in [-0.3, -0.25) is 10.1 Å². The summed E-state index contributed by atoms with van der Waals surface area (Å²) >= 11 is 0. The molecule has 0 spiro atoms. The lowest BCUT2D eigenvalue weighted by Gasteiger charge is -2.23. The zero-order chi connectivity index (χ0) is 13.7. The lowest BCUT2D eigenvalue weighted by molar-refractivity contribution is -0.384. The van der Waals surface area contributed by atoms with Crippen molar-refractivity contribution < 1.29 is 4.92 Å². The van der Waals surface area contributed by atoms with Crippen LogP contribution in [0.25, 0.3) is 0 Å². The average Bonchev–Trinajstić information content (AvgIpc) is 2.45. The molecule has 0 radical (unpaired) electrons. The van der Waals surface area contributed by atoms with Crippen LogP contribution in [0, 0.1) is 27.4 Å². The van der Waals surface area contributed by atoms with Crippen molar-refractivity contribution in [3.8, 4) is 6.07 Å². The minimum absolute atomic E-state index is 0.0212. The molecule has 1 aliphatic rings. The Balaban J connectivity index is 2.08. The summed E-state index contributed by atoms with van der Waals surface area (Å²) in [5, 5.41) is 26.2. The molecule has 2 N–H and O–H groups in total. The van der Waals surface area contributed by atoms with Crippen LogP contribution in [0.3, 0.4) is 0 Å². The van der Waals surface area contributed by atoms with Crippen LogP contribution in [-0.2, 0) is 0 Å². The normalized spacial score (nSPS) is 15.7. The maximum Gasteiger partial charge on any atom is 0.292 e. The van der Waals surface area contributed by atoms with Crippen LogP contribution in [0.5, 0.6) is 0 Å². The summed E-state index contributed by atoms with van der Waals surface area (Å²) in [5.41, 5.74) is 0.883. The van der Waals surface area contributed by atoms with E-state index in [1.54, 1.807) is 6.07 Å². The molecule has 19 heavy (non-hydrogen) atoms. The maximum absolute atomic E-state index is 10.9. The maximum atomic E-state index is 10.9. The number of nitro groups is 1. The van der Waals surface area contributed by atoms with Crippen LogP contribution in [0.4, 0.5) is 11.4 Å². The van der Waals surface area contributed by atoms with Gasteiger partial charge in [-0.15, -0.1) is 0 Å². The van der Waals surface area contributed by atoms with E-state index < -0.39 is 4.92 Å². The third-order valence-corrected chi connectivity index (χ3v) is 3.36. The van der Waals surface area contributed by atoms with Crippen molar-refractivity contribution in [3.05, 3.63) is 33.9 Å². The highest BCUT2D eigenvalue weighted by molar-refractivity contribution is 5.64. The highest BCUT2D eigenvalue weighted by atomic mass is 16.6. The molecule has 6 heteroatoms. The zero-order valence-electron chi connectivity index (χ0n) is 10.6. The molecule has 0 atom stereocenters. The summed E-state index contributed by atoms with van der Waals surface area (Å²) in [4.78, 5) is 10.5. The van der Waals surface area contributed by atoms with Gasteiger partial charge in [0.25, 0.3) is 5.69 Å². The number of nitro benzene ring substituents is 1. The number of nitrogens with one attached hydrogen (secondary N) is 2. The SMILES string of the molecule is N#Cc1ccc([N+](=O)[O-])c(NCC2CCNCC2)c1. The molecule has 0 bridgehead atoms. The van der Waals surface area contributed by atoms with E-state index in [2.05, 4.69) is 10.6 Å². The molecule has 1 saturated heterocycles. The minimum atomic E-state index is -0.425. The Labute approximate surface area is 111 Å². The first-order valence-corrected chi connectivity index (χ1v) is 6.34. The van der Waals surface area contributed by atoms with E-state index in [-0.39, 0.29) is 5.69 Å². The van der Waals surface area contributed by atoms with Gasteiger partial charge in [-0.2, -0.15) is 5.26 Å². The molecule has 1 aliphatic heterocycles. The molecule has 0 saturated carbocycles. The van der Waals surface area contributed by atoms with Crippen LogP contribution in [0.2, 0.25) is 0 Å². The smallest absolute Gasteiger partial charge is 0.292 e. The van der Waals surface area contributed by atoms with Crippen molar-refractivity contribution in [2.45, 2.75) is 12.8 Å². The summed E-state index contributed by atoms with van der Waals surface area (Å²) in [7, 11) is 0. The second-order valence-electron chi connectivity index (χ2n) is 4.68. The Bertz CT molecular complexity index is 504. The van der Waals surface area contributed by atoms with Crippen molar-refractivity contribution in [1.82, 2.24) is 5.32 Å². The largest absolute Gasteiger partial charge is 0.379 e. The predicted octanol–water partition coefficient (Wildman–Crippen LogP) is 1.88. The fraction of sp³-hybridized carbons (Fsp3) is 0.462. The van der Waals surface area contributed by atoms with E-state index in [1.165, 1.54) is 12.1 Å². The second-order valence-corrected chi connectivity index (χ2v) is 4.68. The van der Waals surface area contributed by atoms with E-state index in [0.717, 1.165) is 25.9 Å². The molecule has 100 valence electrons. The Morgan fingerprint density at radius 2 is 2.21 bits per heavy atom. The summed E-state index contributed by atoms with van der Waals surface area (Å²) < 4.78 is 0. The number of anilines is 1. The summed E-state index contributed by atoms with van der Waals surface area (Å²) in [6, 6.07) is 6.38. The highest BCUT2D eigenvalue weighted by Gasteiger charge is 2.17. The van der Waals surface area contributed by atoms with Crippen LogP contribution in [0.15, 0.2) is 18.2 Å². The molecule has 0 amide bonds. The highest BCUT2D eigenvalue weighted by Crippen LogP contribution is 2.26. The molecule has 1 fully saturated rings. The standard InChI is InChI=1S/C13H16N4O2/c14-8-11-1-2-13(17(18)19)12(7-11)16-9-10-3-5-15-6-4-10/h1-2,7,10,15-16H,3-6,9H2. The Hall–Kier alpha value is -2.13. The molecular formula is C13H16N4O2. The van der Waals surface area contributed by atoms with Crippen molar-refractivity contribution in [3.63, 3.8) is 0 Å². The van der Waals surface area contributed by atoms with Gasteiger partial charge in [0.2, 0.25) is 0 Å². The monoisotopic (exact) mass is 260 g/mol. The molecule has 0 aliphatic carbocycles. The second kappa shape index (κ2) is 6.16. The van der Waals surface area contributed by atoms with Gasteiger partial charge in [0.05, 0.1) is 16.6 Å². The third-order valence-electron chi connectivity index (χ3n) is 3.36. The minimum Gasteiger partial charge on any atom is -0.379 e. The van der Waals surface area contributed by atoms with Crippen molar-refractivity contribution in [2.75, 3.05) is 25.0 Å². The molecule has 1 aromatic rings. The lowest BCUT2D eigenvalue weighted by atomic mass is 9.98. The molecule has 0 unspecified atom stereocenters. The molecular weight excluding hydrogens is 244 g/mol. The van der Waals surface area contributed by atoms with Gasteiger partial charge in [0, 0.05) is 12.6 Å². The van der Waals surface area contributed by atoms with E-state index in [9.17, 15) is 10.1 Å². The van der Waals surface area contributed by atoms with Crippen LogP contribution in [-0.4, -0.2) is 24.6 Å². The lowest BCUT2D eigenvalue weighted by Crippen LogP contribution is -2.31. The Morgan fingerprint density at radius 3 is 2.84 bits per heavy atom. The van der Waals surface area contributed by atoms with Crippen LogP contribution < -0.4 is 10.6 Å². The summed E-state index contributed by atoms with van der Waals surface area (Å²) in [6.45, 7) is 2.69. The van der Waals surface area contributed by atoms with Crippen molar-refractivity contribution in [2.24, 2.45) is 5.92 Å². The number of nitrogens with zero attached hydrogens (tertiary/aromatic N) is 2. The van der Waals surface area contributed by atoms with Crippen LogP contribution >= 0.6 is 0 Å².